The molecule has 1 fully saturated rings. The number of benzene rings is 2. The standard InChI is InChI=1S/C19H19NO4/c21-15-11-17(19(23)24)20(12-15)18(22)16-9-5-4-8-14(16)10-13-6-2-1-3-7-13/h1-9,15,17,21H,10-12H2,(H,23,24). The predicted molar refractivity (Wildman–Crippen MR) is 88.8 cm³/mol. The number of aliphatic hydroxyl groups excluding tert-OH is 1. The van der Waals surface area contributed by atoms with Crippen LogP contribution in [0.15, 0.2) is 54.6 Å². The van der Waals surface area contributed by atoms with Gasteiger partial charge in [0.2, 0.25) is 0 Å². The monoisotopic (exact) mass is 325 g/mol. The average molecular weight is 325 g/mol. The van der Waals surface area contributed by atoms with E-state index >= 15 is 0 Å². The van der Waals surface area contributed by atoms with Crippen molar-refractivity contribution >= 4 is 11.9 Å². The molecule has 0 aromatic heterocycles. The highest BCUT2D eigenvalue weighted by Gasteiger charge is 2.39. The van der Waals surface area contributed by atoms with Gasteiger partial charge in [0.1, 0.15) is 6.04 Å². The molecule has 2 aromatic carbocycles. The first-order chi connectivity index (χ1) is 11.6. The van der Waals surface area contributed by atoms with Crippen LogP contribution in [0.5, 0.6) is 0 Å². The lowest BCUT2D eigenvalue weighted by atomic mass is 9.99. The highest BCUT2D eigenvalue weighted by atomic mass is 16.4. The summed E-state index contributed by atoms with van der Waals surface area (Å²) < 4.78 is 0. The van der Waals surface area contributed by atoms with E-state index in [1.54, 1.807) is 12.1 Å². The van der Waals surface area contributed by atoms with Gasteiger partial charge < -0.3 is 15.1 Å². The van der Waals surface area contributed by atoms with Gasteiger partial charge in [-0.15, -0.1) is 0 Å². The van der Waals surface area contributed by atoms with E-state index in [-0.39, 0.29) is 18.9 Å². The first-order valence-corrected chi connectivity index (χ1v) is 7.90. The fraction of sp³-hybridized carbons (Fsp3) is 0.263. The Balaban J connectivity index is 1.89. The van der Waals surface area contributed by atoms with E-state index in [4.69, 9.17) is 0 Å². The molecular weight excluding hydrogens is 306 g/mol. The van der Waals surface area contributed by atoms with Crippen LogP contribution in [-0.4, -0.2) is 45.7 Å². The summed E-state index contributed by atoms with van der Waals surface area (Å²) in [6.07, 6.45) is -0.130. The minimum Gasteiger partial charge on any atom is -0.480 e. The number of amides is 1. The molecular formula is C19H19NO4. The number of rotatable bonds is 4. The second-order valence-corrected chi connectivity index (χ2v) is 6.02. The van der Waals surface area contributed by atoms with Gasteiger partial charge in [0.05, 0.1) is 6.10 Å². The van der Waals surface area contributed by atoms with Crippen molar-refractivity contribution in [3.8, 4) is 0 Å². The van der Waals surface area contributed by atoms with Gasteiger partial charge in [-0.05, 0) is 23.6 Å². The summed E-state index contributed by atoms with van der Waals surface area (Å²) in [7, 11) is 0. The Hall–Kier alpha value is -2.66. The molecule has 2 aromatic rings. The minimum absolute atomic E-state index is 0.0511. The van der Waals surface area contributed by atoms with Gasteiger partial charge in [-0.2, -0.15) is 0 Å². The molecule has 0 saturated carbocycles. The van der Waals surface area contributed by atoms with Gasteiger partial charge in [0.25, 0.3) is 5.91 Å². The highest BCUT2D eigenvalue weighted by Crippen LogP contribution is 2.23. The lowest BCUT2D eigenvalue weighted by molar-refractivity contribution is -0.141. The third-order valence-electron chi connectivity index (χ3n) is 4.31. The summed E-state index contributed by atoms with van der Waals surface area (Å²) in [5.74, 6) is -1.43. The number of aliphatic hydroxyl groups is 1. The molecule has 1 amide bonds. The topological polar surface area (TPSA) is 77.8 Å². The third kappa shape index (κ3) is 3.31. The molecule has 1 saturated heterocycles. The molecule has 124 valence electrons. The summed E-state index contributed by atoms with van der Waals surface area (Å²) in [5, 5.41) is 19.1. The SMILES string of the molecule is O=C(O)C1CC(O)CN1C(=O)c1ccccc1Cc1ccccc1. The number of likely N-dealkylation sites (tertiary alicyclic amines) is 1. The largest absolute Gasteiger partial charge is 0.480 e. The summed E-state index contributed by atoms with van der Waals surface area (Å²) in [6, 6.07) is 16.0. The van der Waals surface area contributed by atoms with Crippen molar-refractivity contribution in [2.24, 2.45) is 0 Å². The molecule has 0 aliphatic carbocycles. The number of hydrogen-bond donors (Lipinski definition) is 2. The Labute approximate surface area is 140 Å². The zero-order chi connectivity index (χ0) is 17.1. The van der Waals surface area contributed by atoms with Crippen LogP contribution in [0.3, 0.4) is 0 Å². The van der Waals surface area contributed by atoms with E-state index in [9.17, 15) is 19.8 Å². The quantitative estimate of drug-likeness (QED) is 0.900. The number of β-amino-alcohol motifs (C(OH)–C–C–N with tert-alkyl or cyclic N) is 1. The van der Waals surface area contributed by atoms with Crippen molar-refractivity contribution in [1.29, 1.82) is 0 Å². The predicted octanol–water partition coefficient (Wildman–Crippen LogP) is 1.94. The van der Waals surface area contributed by atoms with Crippen LogP contribution in [0.2, 0.25) is 0 Å². The smallest absolute Gasteiger partial charge is 0.326 e. The summed E-state index contributed by atoms with van der Waals surface area (Å²) in [5.41, 5.74) is 2.41. The molecule has 24 heavy (non-hydrogen) atoms. The van der Waals surface area contributed by atoms with E-state index in [1.165, 1.54) is 4.90 Å². The maximum Gasteiger partial charge on any atom is 0.326 e. The summed E-state index contributed by atoms with van der Waals surface area (Å²) in [6.45, 7) is 0.0511. The Kier molecular flexibility index (Phi) is 4.62. The van der Waals surface area contributed by atoms with Crippen LogP contribution in [0.25, 0.3) is 0 Å². The number of hydrogen-bond acceptors (Lipinski definition) is 3. The van der Waals surface area contributed by atoms with Crippen molar-refractivity contribution < 1.29 is 19.8 Å². The van der Waals surface area contributed by atoms with Crippen LogP contribution < -0.4 is 0 Å². The molecule has 5 heteroatoms. The molecule has 5 nitrogen and oxygen atoms in total. The fourth-order valence-corrected chi connectivity index (χ4v) is 3.13. The number of carboxylic acid groups (broad SMARTS) is 1. The van der Waals surface area contributed by atoms with Gasteiger partial charge in [-0.3, -0.25) is 4.79 Å². The normalized spacial score (nSPS) is 20.1. The maximum absolute atomic E-state index is 12.9. The molecule has 1 heterocycles. The lowest BCUT2D eigenvalue weighted by Crippen LogP contribution is -2.41. The van der Waals surface area contributed by atoms with E-state index < -0.39 is 18.1 Å². The zero-order valence-corrected chi connectivity index (χ0v) is 13.1. The van der Waals surface area contributed by atoms with Crippen LogP contribution in [0.1, 0.15) is 27.9 Å². The Morgan fingerprint density at radius 3 is 2.42 bits per heavy atom. The maximum atomic E-state index is 12.9. The molecule has 3 rings (SSSR count). The molecule has 2 N–H and O–H groups in total. The van der Waals surface area contributed by atoms with E-state index in [0.717, 1.165) is 11.1 Å². The number of carboxylic acids is 1. The summed E-state index contributed by atoms with van der Waals surface area (Å²) in [4.78, 5) is 25.5. The number of carbonyl (C=O) groups is 2. The van der Waals surface area contributed by atoms with Gasteiger partial charge in [-0.25, -0.2) is 4.79 Å². The van der Waals surface area contributed by atoms with Gasteiger partial charge in [-0.1, -0.05) is 48.5 Å². The number of carbonyl (C=O) groups excluding carboxylic acids is 1. The van der Waals surface area contributed by atoms with Gasteiger partial charge in [0, 0.05) is 18.5 Å². The van der Waals surface area contributed by atoms with Gasteiger partial charge >= 0.3 is 5.97 Å². The molecule has 1 aliphatic rings. The second kappa shape index (κ2) is 6.84. The van der Waals surface area contributed by atoms with Crippen LogP contribution in [-0.2, 0) is 11.2 Å². The molecule has 0 bridgehead atoms. The van der Waals surface area contributed by atoms with Crippen molar-refractivity contribution in [2.75, 3.05) is 6.54 Å². The van der Waals surface area contributed by atoms with Crippen molar-refractivity contribution in [2.45, 2.75) is 25.0 Å². The fourth-order valence-electron chi connectivity index (χ4n) is 3.13. The second-order valence-electron chi connectivity index (χ2n) is 6.02. The molecule has 2 atom stereocenters. The number of nitrogens with zero attached hydrogens (tertiary/aromatic N) is 1. The first kappa shape index (κ1) is 16.2. The number of aliphatic carboxylic acids is 1. The third-order valence-corrected chi connectivity index (χ3v) is 4.31. The minimum atomic E-state index is -1.08. The van der Waals surface area contributed by atoms with Crippen molar-refractivity contribution in [3.63, 3.8) is 0 Å². The van der Waals surface area contributed by atoms with Crippen molar-refractivity contribution in [3.05, 3.63) is 71.3 Å². The Bertz CT molecular complexity index is 744. The molecule has 0 radical (unpaired) electrons. The average Bonchev–Trinajstić information content (AvgIpc) is 2.98. The Morgan fingerprint density at radius 1 is 1.04 bits per heavy atom. The van der Waals surface area contributed by atoms with Crippen LogP contribution in [0, 0.1) is 0 Å². The van der Waals surface area contributed by atoms with Crippen molar-refractivity contribution in [1.82, 2.24) is 4.90 Å². The van der Waals surface area contributed by atoms with E-state index in [1.807, 2.05) is 42.5 Å². The van der Waals surface area contributed by atoms with Crippen LogP contribution >= 0.6 is 0 Å². The molecule has 2 unspecified atom stereocenters. The van der Waals surface area contributed by atoms with E-state index in [2.05, 4.69) is 0 Å². The van der Waals surface area contributed by atoms with Gasteiger partial charge in [0.15, 0.2) is 0 Å². The Morgan fingerprint density at radius 2 is 1.71 bits per heavy atom. The first-order valence-electron chi connectivity index (χ1n) is 7.90. The highest BCUT2D eigenvalue weighted by molar-refractivity contribution is 5.98. The zero-order valence-electron chi connectivity index (χ0n) is 13.1. The molecule has 1 aliphatic heterocycles. The molecule has 0 spiro atoms. The van der Waals surface area contributed by atoms with Crippen LogP contribution in [0.4, 0.5) is 0 Å². The summed E-state index contributed by atoms with van der Waals surface area (Å²) >= 11 is 0. The van der Waals surface area contributed by atoms with E-state index in [0.29, 0.717) is 12.0 Å². The lowest BCUT2D eigenvalue weighted by Gasteiger charge is -2.22.